The standard InChI is InChI=1S/C16H21N3O3S/c1-4-13-7-9-14(10-8-13)23(21,22)15-11-12-19(17-15)16(20)18(5-2)6-3/h7-12H,4-6H2,1-3H3. The summed E-state index contributed by atoms with van der Waals surface area (Å²) < 4.78 is 26.2. The monoisotopic (exact) mass is 335 g/mol. The van der Waals surface area contributed by atoms with Gasteiger partial charge in [-0.15, -0.1) is 0 Å². The van der Waals surface area contributed by atoms with Gasteiger partial charge in [-0.05, 0) is 44.0 Å². The van der Waals surface area contributed by atoms with Crippen molar-refractivity contribution < 1.29 is 13.2 Å². The van der Waals surface area contributed by atoms with Gasteiger partial charge in [-0.3, -0.25) is 0 Å². The van der Waals surface area contributed by atoms with Crippen LogP contribution in [0.5, 0.6) is 0 Å². The van der Waals surface area contributed by atoms with E-state index in [1.54, 1.807) is 29.2 Å². The zero-order chi connectivity index (χ0) is 17.0. The summed E-state index contributed by atoms with van der Waals surface area (Å²) in [6.45, 7) is 6.80. The normalized spacial score (nSPS) is 11.4. The van der Waals surface area contributed by atoms with Crippen LogP contribution in [0.25, 0.3) is 0 Å². The number of aryl methyl sites for hydroxylation is 1. The summed E-state index contributed by atoms with van der Waals surface area (Å²) >= 11 is 0. The van der Waals surface area contributed by atoms with E-state index >= 15 is 0 Å². The van der Waals surface area contributed by atoms with Crippen LogP contribution in [0, 0.1) is 0 Å². The molecule has 0 saturated carbocycles. The van der Waals surface area contributed by atoms with Gasteiger partial charge in [0.15, 0.2) is 5.03 Å². The van der Waals surface area contributed by atoms with Gasteiger partial charge in [-0.2, -0.15) is 9.78 Å². The van der Waals surface area contributed by atoms with Gasteiger partial charge in [0.25, 0.3) is 0 Å². The summed E-state index contributed by atoms with van der Waals surface area (Å²) in [5, 5.41) is 3.83. The Bertz CT molecular complexity index is 775. The van der Waals surface area contributed by atoms with Crippen LogP contribution in [0.15, 0.2) is 46.5 Å². The molecule has 0 unspecified atom stereocenters. The first-order valence-electron chi connectivity index (χ1n) is 7.63. The van der Waals surface area contributed by atoms with Gasteiger partial charge in [0.05, 0.1) is 4.90 Å². The molecule has 1 aromatic carbocycles. The largest absolute Gasteiger partial charge is 0.344 e. The van der Waals surface area contributed by atoms with Crippen LogP contribution in [-0.4, -0.2) is 42.2 Å². The molecule has 7 heteroatoms. The van der Waals surface area contributed by atoms with Gasteiger partial charge < -0.3 is 4.90 Å². The van der Waals surface area contributed by atoms with Crippen molar-refractivity contribution in [3.05, 3.63) is 42.1 Å². The molecule has 124 valence electrons. The summed E-state index contributed by atoms with van der Waals surface area (Å²) in [6.07, 6.45) is 2.22. The first-order valence-corrected chi connectivity index (χ1v) is 9.11. The van der Waals surface area contributed by atoms with E-state index in [-0.39, 0.29) is 16.0 Å². The van der Waals surface area contributed by atoms with Crippen LogP contribution in [-0.2, 0) is 16.3 Å². The summed E-state index contributed by atoms with van der Waals surface area (Å²) in [4.78, 5) is 13.9. The van der Waals surface area contributed by atoms with E-state index in [0.29, 0.717) is 13.1 Å². The van der Waals surface area contributed by atoms with Crippen molar-refractivity contribution in [1.82, 2.24) is 14.7 Å². The Morgan fingerprint density at radius 2 is 1.70 bits per heavy atom. The number of carbonyl (C=O) groups is 1. The quantitative estimate of drug-likeness (QED) is 0.842. The van der Waals surface area contributed by atoms with Crippen LogP contribution < -0.4 is 0 Å². The fraction of sp³-hybridized carbons (Fsp3) is 0.375. The molecule has 0 aliphatic heterocycles. The zero-order valence-corrected chi connectivity index (χ0v) is 14.4. The van der Waals surface area contributed by atoms with Crippen LogP contribution in [0.3, 0.4) is 0 Å². The highest BCUT2D eigenvalue weighted by molar-refractivity contribution is 7.91. The highest BCUT2D eigenvalue weighted by Gasteiger charge is 2.22. The summed E-state index contributed by atoms with van der Waals surface area (Å²) in [5.41, 5.74) is 1.06. The number of benzene rings is 1. The van der Waals surface area contributed by atoms with Crippen LogP contribution in [0.2, 0.25) is 0 Å². The third kappa shape index (κ3) is 3.44. The molecule has 0 aliphatic rings. The lowest BCUT2D eigenvalue weighted by Gasteiger charge is -2.17. The lowest BCUT2D eigenvalue weighted by molar-refractivity contribution is 0.201. The van der Waals surface area contributed by atoms with Crippen LogP contribution in [0.4, 0.5) is 4.79 Å². The van der Waals surface area contributed by atoms with Gasteiger partial charge in [0.2, 0.25) is 9.84 Å². The Balaban J connectivity index is 2.32. The molecule has 0 fully saturated rings. The number of carbonyl (C=O) groups excluding carboxylic acids is 1. The third-order valence-corrected chi connectivity index (χ3v) is 5.37. The minimum Gasteiger partial charge on any atom is -0.323 e. The minimum absolute atomic E-state index is 0.123. The smallest absolute Gasteiger partial charge is 0.323 e. The van der Waals surface area contributed by atoms with Crippen molar-refractivity contribution in [2.75, 3.05) is 13.1 Å². The number of nitrogens with zero attached hydrogens (tertiary/aromatic N) is 3. The number of sulfone groups is 1. The third-order valence-electron chi connectivity index (χ3n) is 3.71. The Morgan fingerprint density at radius 1 is 1.09 bits per heavy atom. The Labute approximate surface area is 136 Å². The molecule has 2 rings (SSSR count). The molecule has 1 heterocycles. The molecule has 0 spiro atoms. The average molecular weight is 335 g/mol. The van der Waals surface area contributed by atoms with Gasteiger partial charge in [0.1, 0.15) is 0 Å². The molecule has 0 bridgehead atoms. The first-order chi connectivity index (χ1) is 10.9. The summed E-state index contributed by atoms with van der Waals surface area (Å²) in [7, 11) is -3.72. The van der Waals surface area contributed by atoms with E-state index in [2.05, 4.69) is 5.10 Å². The van der Waals surface area contributed by atoms with E-state index in [0.717, 1.165) is 16.7 Å². The van der Waals surface area contributed by atoms with Gasteiger partial charge in [-0.1, -0.05) is 19.1 Å². The molecular formula is C16H21N3O3S. The number of hydrogen-bond donors (Lipinski definition) is 0. The molecule has 0 aliphatic carbocycles. The second kappa shape index (κ2) is 6.95. The maximum absolute atomic E-state index is 12.6. The first kappa shape index (κ1) is 17.2. The van der Waals surface area contributed by atoms with Crippen molar-refractivity contribution >= 4 is 15.9 Å². The second-order valence-electron chi connectivity index (χ2n) is 5.05. The van der Waals surface area contributed by atoms with Crippen LogP contribution in [0.1, 0.15) is 26.3 Å². The van der Waals surface area contributed by atoms with E-state index in [1.807, 2.05) is 20.8 Å². The van der Waals surface area contributed by atoms with Crippen molar-refractivity contribution in [3.63, 3.8) is 0 Å². The van der Waals surface area contributed by atoms with E-state index in [9.17, 15) is 13.2 Å². The van der Waals surface area contributed by atoms with Crippen molar-refractivity contribution in [3.8, 4) is 0 Å². The van der Waals surface area contributed by atoms with Gasteiger partial charge >= 0.3 is 6.03 Å². The van der Waals surface area contributed by atoms with Gasteiger partial charge in [-0.25, -0.2) is 13.2 Å². The molecule has 6 nitrogen and oxygen atoms in total. The summed E-state index contributed by atoms with van der Waals surface area (Å²) in [5.74, 6) is 0. The highest BCUT2D eigenvalue weighted by atomic mass is 32.2. The average Bonchev–Trinajstić information content (AvgIpc) is 3.06. The number of aromatic nitrogens is 2. The lowest BCUT2D eigenvalue weighted by atomic mass is 10.2. The molecule has 0 N–H and O–H groups in total. The van der Waals surface area contributed by atoms with E-state index in [4.69, 9.17) is 0 Å². The van der Waals surface area contributed by atoms with Crippen molar-refractivity contribution in [2.45, 2.75) is 37.1 Å². The molecule has 1 aromatic heterocycles. The second-order valence-corrected chi connectivity index (χ2v) is 6.95. The lowest BCUT2D eigenvalue weighted by Crippen LogP contribution is -2.34. The Morgan fingerprint density at radius 3 is 2.22 bits per heavy atom. The molecule has 0 radical (unpaired) electrons. The number of rotatable bonds is 5. The highest BCUT2D eigenvalue weighted by Crippen LogP contribution is 2.19. The molecular weight excluding hydrogens is 314 g/mol. The maximum atomic E-state index is 12.6. The summed E-state index contributed by atoms with van der Waals surface area (Å²) in [6, 6.07) is 7.72. The molecule has 23 heavy (non-hydrogen) atoms. The van der Waals surface area contributed by atoms with E-state index < -0.39 is 9.84 Å². The Hall–Kier alpha value is -2.15. The Kier molecular flexibility index (Phi) is 5.20. The maximum Gasteiger partial charge on any atom is 0.344 e. The topological polar surface area (TPSA) is 72.3 Å². The van der Waals surface area contributed by atoms with Gasteiger partial charge in [0, 0.05) is 19.3 Å². The SMILES string of the molecule is CCc1ccc(S(=O)(=O)c2ccn(C(=O)N(CC)CC)n2)cc1. The molecule has 0 saturated heterocycles. The fourth-order valence-corrected chi connectivity index (χ4v) is 3.39. The minimum atomic E-state index is -3.72. The predicted octanol–water partition coefficient (Wildman–Crippen LogP) is 2.59. The number of amides is 1. The van der Waals surface area contributed by atoms with Crippen molar-refractivity contribution in [1.29, 1.82) is 0 Å². The molecule has 0 atom stereocenters. The molecule has 1 amide bonds. The number of hydrogen-bond acceptors (Lipinski definition) is 4. The van der Waals surface area contributed by atoms with Crippen LogP contribution >= 0.6 is 0 Å². The van der Waals surface area contributed by atoms with E-state index in [1.165, 1.54) is 12.3 Å². The fourth-order valence-electron chi connectivity index (χ4n) is 2.22. The molecule has 2 aromatic rings. The van der Waals surface area contributed by atoms with Crippen molar-refractivity contribution in [2.24, 2.45) is 0 Å². The predicted molar refractivity (Wildman–Crippen MR) is 87.2 cm³/mol. The zero-order valence-electron chi connectivity index (χ0n) is 13.6.